The zero-order chi connectivity index (χ0) is 41.4. The van der Waals surface area contributed by atoms with Crippen molar-refractivity contribution < 1.29 is 0 Å². The van der Waals surface area contributed by atoms with Crippen molar-refractivity contribution in [3.63, 3.8) is 0 Å². The number of hydrogen-bond acceptors (Lipinski definition) is 0. The van der Waals surface area contributed by atoms with Crippen LogP contribution < -0.4 is 0 Å². The first kappa shape index (κ1) is 35.4. The van der Waals surface area contributed by atoms with E-state index < -0.39 is 0 Å². The normalized spacial score (nSPS) is 11.8. The van der Waals surface area contributed by atoms with E-state index in [1.807, 2.05) is 0 Å². The maximum absolute atomic E-state index is 2.51. The van der Waals surface area contributed by atoms with Crippen molar-refractivity contribution in [2.24, 2.45) is 0 Å². The van der Waals surface area contributed by atoms with Gasteiger partial charge in [0.2, 0.25) is 0 Å². The average Bonchev–Trinajstić information content (AvgIpc) is 4.00. The summed E-state index contributed by atoms with van der Waals surface area (Å²) >= 11 is 0. The third kappa shape index (κ3) is 5.40. The fourth-order valence-electron chi connectivity index (χ4n) is 10.3. The summed E-state index contributed by atoms with van der Waals surface area (Å²) in [5.41, 5.74) is 17.8. The predicted octanol–water partition coefficient (Wildman–Crippen LogP) is 16.0. The first-order valence-corrected chi connectivity index (χ1v) is 21.7. The molecule has 0 amide bonds. The van der Waals surface area contributed by atoms with Crippen LogP contribution in [0.25, 0.3) is 116 Å². The maximum atomic E-state index is 2.51. The Hall–Kier alpha value is -8.40. The molecule has 3 nitrogen and oxygen atoms in total. The van der Waals surface area contributed by atoms with Crippen LogP contribution in [0.3, 0.4) is 0 Å². The number of hydrogen-bond donors (Lipinski definition) is 0. The van der Waals surface area contributed by atoms with Gasteiger partial charge in [-0.25, -0.2) is 0 Å². The molecule has 0 aliphatic rings. The third-order valence-electron chi connectivity index (χ3n) is 13.1. The lowest BCUT2D eigenvalue weighted by atomic mass is 10.0. The number of nitrogens with zero attached hydrogens (tertiary/aromatic N) is 3. The first-order chi connectivity index (χ1) is 31.3. The topological polar surface area (TPSA) is 14.8 Å². The lowest BCUT2D eigenvalue weighted by Crippen LogP contribution is -1.98. The molecule has 0 aliphatic heterocycles. The zero-order valence-electron chi connectivity index (χ0n) is 34.4. The van der Waals surface area contributed by atoms with Gasteiger partial charge in [0, 0.05) is 49.1 Å². The lowest BCUT2D eigenvalue weighted by molar-refractivity contribution is 1.17. The molecule has 13 rings (SSSR count). The van der Waals surface area contributed by atoms with E-state index in [0.717, 1.165) is 11.4 Å². The second-order valence-electron chi connectivity index (χ2n) is 16.5. The van der Waals surface area contributed by atoms with Gasteiger partial charge in [-0.05, 0) is 82.9 Å². The Balaban J connectivity index is 1.04. The maximum Gasteiger partial charge on any atom is 0.0641 e. The third-order valence-corrected chi connectivity index (χ3v) is 13.1. The smallest absolute Gasteiger partial charge is 0.0641 e. The summed E-state index contributed by atoms with van der Waals surface area (Å²) in [4.78, 5) is 0. The molecule has 0 spiro atoms. The zero-order valence-corrected chi connectivity index (χ0v) is 34.4. The Kier molecular flexibility index (Phi) is 7.91. The minimum Gasteiger partial charge on any atom is -0.309 e. The summed E-state index contributed by atoms with van der Waals surface area (Å²) in [7, 11) is 0. The number of rotatable bonds is 6. The van der Waals surface area contributed by atoms with Gasteiger partial charge in [-0.3, -0.25) is 0 Å². The molecule has 3 heteroatoms. The Labute approximate surface area is 364 Å². The van der Waals surface area contributed by atoms with E-state index in [1.54, 1.807) is 0 Å². The second-order valence-corrected chi connectivity index (χ2v) is 16.5. The molecular formula is C60H39N3. The van der Waals surface area contributed by atoms with Gasteiger partial charge in [0.25, 0.3) is 0 Å². The van der Waals surface area contributed by atoms with Crippen LogP contribution in [0.1, 0.15) is 0 Å². The van der Waals surface area contributed by atoms with Crippen molar-refractivity contribution in [2.75, 3.05) is 0 Å². The highest BCUT2D eigenvalue weighted by molar-refractivity contribution is 6.26. The van der Waals surface area contributed by atoms with E-state index in [4.69, 9.17) is 0 Å². The van der Waals surface area contributed by atoms with Crippen LogP contribution in [0, 0.1) is 0 Å². The second kappa shape index (κ2) is 14.1. The van der Waals surface area contributed by atoms with Gasteiger partial charge in [0.05, 0.1) is 44.5 Å². The standard InChI is InChI=1S/C60H39N3/c1-3-17-40(18-4-1)41-31-34-44(35-32-41)61-54-28-14-10-24-48(54)51-39-43(33-37-57(51)61)46-22-8-12-26-52(46)62-56-30-16-11-25-50(56)59-58(62)38-36-49-47-23-9-15-29-55(47)63(60(49)59)53-27-13-7-21-45(53)42-19-5-2-6-20-42/h1-39H. The SMILES string of the molecule is c1ccc(-c2ccc(-n3c4ccccc4c4cc(-c5ccccc5-n5c6ccccc6c6c5ccc5c7ccccc7n(-c7ccccc7-c7ccccc7)c56)ccc43)cc2)cc1. The molecule has 0 saturated carbocycles. The highest BCUT2D eigenvalue weighted by Crippen LogP contribution is 2.45. The van der Waals surface area contributed by atoms with Crippen molar-refractivity contribution in [2.45, 2.75) is 0 Å². The molecule has 0 fully saturated rings. The van der Waals surface area contributed by atoms with Crippen molar-refractivity contribution in [1.29, 1.82) is 0 Å². The monoisotopic (exact) mass is 801 g/mol. The van der Waals surface area contributed by atoms with E-state index in [0.29, 0.717) is 0 Å². The summed E-state index contributed by atoms with van der Waals surface area (Å²) in [5.74, 6) is 0. The summed E-state index contributed by atoms with van der Waals surface area (Å²) in [6, 6.07) is 86.4. The van der Waals surface area contributed by atoms with Gasteiger partial charge in [-0.1, -0.05) is 176 Å². The molecule has 13 aromatic rings. The number of aromatic nitrogens is 3. The fraction of sp³-hybridized carbons (Fsp3) is 0. The summed E-state index contributed by atoms with van der Waals surface area (Å²) in [5, 5.41) is 7.43. The fourth-order valence-corrected chi connectivity index (χ4v) is 10.3. The summed E-state index contributed by atoms with van der Waals surface area (Å²) in [6.07, 6.45) is 0. The summed E-state index contributed by atoms with van der Waals surface area (Å²) in [6.45, 7) is 0. The Morgan fingerprint density at radius 1 is 0.238 bits per heavy atom. The molecule has 0 N–H and O–H groups in total. The van der Waals surface area contributed by atoms with E-state index in [2.05, 4.69) is 250 Å². The van der Waals surface area contributed by atoms with E-state index in [-0.39, 0.29) is 0 Å². The molecule has 0 atom stereocenters. The minimum atomic E-state index is 1.15. The van der Waals surface area contributed by atoms with Gasteiger partial charge < -0.3 is 13.7 Å². The highest BCUT2D eigenvalue weighted by atomic mass is 15.0. The van der Waals surface area contributed by atoms with Gasteiger partial charge in [-0.15, -0.1) is 0 Å². The summed E-state index contributed by atoms with van der Waals surface area (Å²) < 4.78 is 7.41. The Morgan fingerprint density at radius 2 is 0.698 bits per heavy atom. The lowest BCUT2D eigenvalue weighted by Gasteiger charge is -2.16. The van der Waals surface area contributed by atoms with Crippen LogP contribution in [-0.4, -0.2) is 13.7 Å². The quantitative estimate of drug-likeness (QED) is 0.159. The molecule has 3 heterocycles. The molecule has 294 valence electrons. The first-order valence-electron chi connectivity index (χ1n) is 21.7. The number of benzene rings is 10. The molecule has 3 aromatic heterocycles. The van der Waals surface area contributed by atoms with Gasteiger partial charge in [-0.2, -0.15) is 0 Å². The average molecular weight is 802 g/mol. The molecule has 63 heavy (non-hydrogen) atoms. The van der Waals surface area contributed by atoms with Gasteiger partial charge >= 0.3 is 0 Å². The largest absolute Gasteiger partial charge is 0.309 e. The van der Waals surface area contributed by atoms with Crippen LogP contribution in [-0.2, 0) is 0 Å². The Bertz CT molecular complexity index is 3880. The Morgan fingerprint density at radius 3 is 1.40 bits per heavy atom. The minimum absolute atomic E-state index is 1.15. The molecule has 0 unspecified atom stereocenters. The van der Waals surface area contributed by atoms with Crippen molar-refractivity contribution in [1.82, 2.24) is 13.7 Å². The van der Waals surface area contributed by atoms with Crippen LogP contribution in [0.5, 0.6) is 0 Å². The molecular weight excluding hydrogens is 763 g/mol. The van der Waals surface area contributed by atoms with Crippen LogP contribution in [0.4, 0.5) is 0 Å². The van der Waals surface area contributed by atoms with Gasteiger partial charge in [0.15, 0.2) is 0 Å². The van der Waals surface area contributed by atoms with Crippen LogP contribution in [0.15, 0.2) is 237 Å². The molecule has 10 aromatic carbocycles. The molecule has 0 radical (unpaired) electrons. The number of fused-ring (bicyclic) bond motifs is 10. The molecule has 0 aliphatic carbocycles. The molecule has 0 bridgehead atoms. The molecule has 0 saturated heterocycles. The van der Waals surface area contributed by atoms with Crippen molar-refractivity contribution in [3.8, 4) is 50.4 Å². The van der Waals surface area contributed by atoms with E-state index >= 15 is 0 Å². The van der Waals surface area contributed by atoms with E-state index in [1.165, 1.54) is 104 Å². The van der Waals surface area contributed by atoms with Crippen molar-refractivity contribution in [3.05, 3.63) is 237 Å². The van der Waals surface area contributed by atoms with E-state index in [9.17, 15) is 0 Å². The predicted molar refractivity (Wildman–Crippen MR) is 266 cm³/mol. The highest BCUT2D eigenvalue weighted by Gasteiger charge is 2.23. The van der Waals surface area contributed by atoms with Crippen LogP contribution in [0.2, 0.25) is 0 Å². The van der Waals surface area contributed by atoms with Crippen LogP contribution >= 0.6 is 0 Å². The van der Waals surface area contributed by atoms with Crippen molar-refractivity contribution >= 4 is 65.4 Å². The van der Waals surface area contributed by atoms with Gasteiger partial charge in [0.1, 0.15) is 0 Å². The number of para-hydroxylation sites is 5.